The number of para-hydroxylation sites is 1. The molecule has 1 saturated carbocycles. The summed E-state index contributed by atoms with van der Waals surface area (Å²) in [7, 11) is 0. The van der Waals surface area contributed by atoms with E-state index in [9.17, 15) is 14.9 Å². The monoisotopic (exact) mass is 451 g/mol. The molecule has 32 heavy (non-hydrogen) atoms. The lowest BCUT2D eigenvalue weighted by Gasteiger charge is -2.30. The van der Waals surface area contributed by atoms with Crippen molar-refractivity contribution < 1.29 is 19.2 Å². The topological polar surface area (TPSA) is 94.3 Å². The summed E-state index contributed by atoms with van der Waals surface area (Å²) in [6.45, 7) is 0.0174. The SMILES string of the molecule is O=C1C(=Cc2cc3c(cc2[N+](=O)[O-])OCO3)SC(=Nc2ccccc2)N1C1CCCCC1. The van der Waals surface area contributed by atoms with E-state index in [4.69, 9.17) is 14.5 Å². The molecule has 1 amide bonds. The van der Waals surface area contributed by atoms with Crippen LogP contribution in [0.25, 0.3) is 6.08 Å². The molecule has 5 rings (SSSR count). The smallest absolute Gasteiger partial charge is 0.280 e. The Morgan fingerprint density at radius 2 is 1.81 bits per heavy atom. The number of aliphatic imine (C=N–C) groups is 1. The number of hydrogen-bond acceptors (Lipinski definition) is 7. The fourth-order valence-electron chi connectivity index (χ4n) is 4.20. The van der Waals surface area contributed by atoms with Gasteiger partial charge in [-0.1, -0.05) is 37.5 Å². The van der Waals surface area contributed by atoms with Gasteiger partial charge in [0.2, 0.25) is 6.79 Å². The zero-order valence-corrected chi connectivity index (χ0v) is 18.0. The molecule has 2 aromatic rings. The number of thioether (sulfide) groups is 1. The zero-order valence-electron chi connectivity index (χ0n) is 17.2. The minimum atomic E-state index is -0.476. The summed E-state index contributed by atoms with van der Waals surface area (Å²) in [4.78, 5) is 31.6. The molecule has 1 aliphatic carbocycles. The van der Waals surface area contributed by atoms with Gasteiger partial charge in [0.1, 0.15) is 0 Å². The minimum Gasteiger partial charge on any atom is -0.454 e. The Morgan fingerprint density at radius 1 is 1.09 bits per heavy atom. The van der Waals surface area contributed by atoms with Crippen LogP contribution < -0.4 is 9.47 Å². The summed E-state index contributed by atoms with van der Waals surface area (Å²) >= 11 is 1.26. The Labute approximate surface area is 189 Å². The summed E-state index contributed by atoms with van der Waals surface area (Å²) < 4.78 is 10.6. The van der Waals surface area contributed by atoms with Gasteiger partial charge < -0.3 is 9.47 Å². The van der Waals surface area contributed by atoms with E-state index >= 15 is 0 Å². The first-order valence-corrected chi connectivity index (χ1v) is 11.4. The Morgan fingerprint density at radius 3 is 2.53 bits per heavy atom. The largest absolute Gasteiger partial charge is 0.454 e. The molecule has 0 atom stereocenters. The van der Waals surface area contributed by atoms with Crippen molar-refractivity contribution in [2.45, 2.75) is 38.1 Å². The molecule has 8 nitrogen and oxygen atoms in total. The van der Waals surface area contributed by atoms with Crippen molar-refractivity contribution in [1.82, 2.24) is 4.90 Å². The van der Waals surface area contributed by atoms with Crippen LogP contribution >= 0.6 is 11.8 Å². The van der Waals surface area contributed by atoms with E-state index < -0.39 is 4.92 Å². The van der Waals surface area contributed by atoms with Crippen LogP contribution in [0.3, 0.4) is 0 Å². The second-order valence-electron chi connectivity index (χ2n) is 7.83. The minimum absolute atomic E-state index is 0.0174. The third-order valence-electron chi connectivity index (χ3n) is 5.76. The predicted molar refractivity (Wildman–Crippen MR) is 122 cm³/mol. The van der Waals surface area contributed by atoms with Crippen molar-refractivity contribution in [3.8, 4) is 11.5 Å². The first-order chi connectivity index (χ1) is 15.6. The van der Waals surface area contributed by atoms with Crippen LogP contribution in [0.1, 0.15) is 37.7 Å². The third-order valence-corrected chi connectivity index (χ3v) is 6.75. The number of nitro benzene ring substituents is 1. The molecule has 2 aliphatic heterocycles. The summed E-state index contributed by atoms with van der Waals surface area (Å²) in [5.74, 6) is 0.600. The fraction of sp³-hybridized carbons (Fsp3) is 0.304. The van der Waals surface area contributed by atoms with E-state index in [1.54, 1.807) is 17.0 Å². The molecule has 3 aliphatic rings. The van der Waals surface area contributed by atoms with Crippen LogP contribution in [-0.2, 0) is 4.79 Å². The van der Waals surface area contributed by atoms with Gasteiger partial charge in [-0.25, -0.2) is 4.99 Å². The molecule has 1 saturated heterocycles. The van der Waals surface area contributed by atoms with Crippen LogP contribution in [-0.4, -0.2) is 33.7 Å². The molecule has 2 heterocycles. The van der Waals surface area contributed by atoms with Crippen molar-refractivity contribution in [3.63, 3.8) is 0 Å². The van der Waals surface area contributed by atoms with Gasteiger partial charge in [0.15, 0.2) is 16.7 Å². The first kappa shape index (κ1) is 20.6. The molecule has 0 N–H and O–H groups in total. The number of rotatable bonds is 4. The predicted octanol–water partition coefficient (Wildman–Crippen LogP) is 5.26. The lowest BCUT2D eigenvalue weighted by molar-refractivity contribution is -0.385. The van der Waals surface area contributed by atoms with Crippen LogP contribution in [0.5, 0.6) is 11.5 Å². The molecule has 164 valence electrons. The van der Waals surface area contributed by atoms with Crippen LogP contribution in [0.4, 0.5) is 11.4 Å². The number of hydrogen-bond donors (Lipinski definition) is 0. The van der Waals surface area contributed by atoms with E-state index in [0.29, 0.717) is 27.1 Å². The number of amides is 1. The molecular formula is C23H21N3O5S. The molecule has 0 aromatic heterocycles. The summed E-state index contributed by atoms with van der Waals surface area (Å²) in [6.07, 6.45) is 6.74. The van der Waals surface area contributed by atoms with Gasteiger partial charge in [-0.15, -0.1) is 0 Å². The van der Waals surface area contributed by atoms with Gasteiger partial charge in [0, 0.05) is 6.04 Å². The molecule has 2 fully saturated rings. The summed E-state index contributed by atoms with van der Waals surface area (Å²) in [5, 5.41) is 12.3. The Hall–Kier alpha value is -3.33. The van der Waals surface area contributed by atoms with Crippen molar-refractivity contribution >= 4 is 40.3 Å². The fourth-order valence-corrected chi connectivity index (χ4v) is 5.25. The standard InChI is InChI=1S/C23H21N3O5S/c27-22-21(12-15-11-19-20(31-14-30-19)13-18(15)26(28)29)32-23(24-16-7-3-1-4-8-16)25(22)17-9-5-2-6-10-17/h1,3-4,7-8,11-13,17H,2,5-6,9-10,14H2. The number of fused-ring (bicyclic) bond motifs is 1. The quantitative estimate of drug-likeness (QED) is 0.358. The number of nitro groups is 1. The van der Waals surface area contributed by atoms with E-state index in [2.05, 4.69) is 0 Å². The van der Waals surface area contributed by atoms with Gasteiger partial charge in [0.25, 0.3) is 11.6 Å². The first-order valence-electron chi connectivity index (χ1n) is 10.5. The van der Waals surface area contributed by atoms with Gasteiger partial charge in [-0.05, 0) is 48.9 Å². The maximum absolute atomic E-state index is 13.5. The Bertz CT molecular complexity index is 1130. The van der Waals surface area contributed by atoms with E-state index in [1.807, 2.05) is 30.3 Å². The third kappa shape index (κ3) is 3.95. The van der Waals surface area contributed by atoms with Gasteiger partial charge >= 0.3 is 0 Å². The van der Waals surface area contributed by atoms with Gasteiger partial charge in [-0.2, -0.15) is 0 Å². The van der Waals surface area contributed by atoms with Crippen molar-refractivity contribution in [1.29, 1.82) is 0 Å². The van der Waals surface area contributed by atoms with E-state index in [-0.39, 0.29) is 24.4 Å². The molecular weight excluding hydrogens is 430 g/mol. The second-order valence-corrected chi connectivity index (χ2v) is 8.84. The highest BCUT2D eigenvalue weighted by atomic mass is 32.2. The normalized spacial score (nSPS) is 21.0. The van der Waals surface area contributed by atoms with E-state index in [0.717, 1.165) is 31.4 Å². The lowest BCUT2D eigenvalue weighted by Crippen LogP contribution is -2.40. The molecule has 0 unspecified atom stereocenters. The van der Waals surface area contributed by atoms with E-state index in [1.165, 1.54) is 24.2 Å². The number of benzene rings is 2. The molecule has 0 radical (unpaired) electrons. The van der Waals surface area contributed by atoms with Crippen LogP contribution in [0.15, 0.2) is 52.4 Å². The van der Waals surface area contributed by atoms with Crippen LogP contribution in [0.2, 0.25) is 0 Å². The second kappa shape index (κ2) is 8.66. The number of carbonyl (C=O) groups excluding carboxylic acids is 1. The van der Waals surface area contributed by atoms with Gasteiger partial charge in [0.05, 0.1) is 27.1 Å². The van der Waals surface area contributed by atoms with Crippen molar-refractivity contribution in [3.05, 3.63) is 63.0 Å². The Kier molecular flexibility index (Phi) is 5.57. The molecule has 0 spiro atoms. The highest BCUT2D eigenvalue weighted by Crippen LogP contribution is 2.42. The highest BCUT2D eigenvalue weighted by Gasteiger charge is 2.39. The maximum Gasteiger partial charge on any atom is 0.280 e. The molecule has 9 heteroatoms. The number of nitrogens with zero attached hydrogens (tertiary/aromatic N) is 3. The number of amidine groups is 1. The maximum atomic E-state index is 13.5. The lowest BCUT2D eigenvalue weighted by atomic mass is 9.94. The zero-order chi connectivity index (χ0) is 22.1. The number of carbonyl (C=O) groups is 1. The number of ether oxygens (including phenoxy) is 2. The Balaban J connectivity index is 1.55. The van der Waals surface area contributed by atoms with Crippen molar-refractivity contribution in [2.75, 3.05) is 6.79 Å². The van der Waals surface area contributed by atoms with Crippen LogP contribution in [0, 0.1) is 10.1 Å². The summed E-state index contributed by atoms with van der Waals surface area (Å²) in [5.41, 5.74) is 0.936. The molecule has 2 aromatic carbocycles. The summed E-state index contributed by atoms with van der Waals surface area (Å²) in [6, 6.07) is 12.5. The van der Waals surface area contributed by atoms with Crippen molar-refractivity contribution in [2.24, 2.45) is 4.99 Å². The highest BCUT2D eigenvalue weighted by molar-refractivity contribution is 8.18. The average Bonchev–Trinajstić information content (AvgIpc) is 3.38. The molecule has 0 bridgehead atoms. The average molecular weight is 452 g/mol. The van der Waals surface area contributed by atoms with Gasteiger partial charge in [-0.3, -0.25) is 19.8 Å².